The van der Waals surface area contributed by atoms with E-state index < -0.39 is 0 Å². The number of carbonyl (C=O) groups is 1. The Kier molecular flexibility index (Phi) is 3.75. The summed E-state index contributed by atoms with van der Waals surface area (Å²) in [6, 6.07) is 9.11. The molecule has 3 rings (SSSR count). The average Bonchev–Trinajstić information content (AvgIpc) is 2.49. The van der Waals surface area contributed by atoms with Gasteiger partial charge in [0.25, 0.3) is 0 Å². The molecule has 0 amide bonds. The minimum Gasteiger partial charge on any atom is -0.458 e. The van der Waals surface area contributed by atoms with Crippen molar-refractivity contribution in [3.63, 3.8) is 0 Å². The quantitative estimate of drug-likeness (QED) is 0.855. The maximum atomic E-state index is 12.2. The number of fused-ring (bicyclic) bond motifs is 1. The van der Waals surface area contributed by atoms with Crippen molar-refractivity contribution < 1.29 is 9.53 Å². The monoisotopic (exact) mass is 285 g/mol. The normalized spacial score (nSPS) is 17.0. The van der Waals surface area contributed by atoms with Crippen LogP contribution >= 0.6 is 0 Å². The van der Waals surface area contributed by atoms with Gasteiger partial charge in [-0.15, -0.1) is 0 Å². The van der Waals surface area contributed by atoms with E-state index in [1.54, 1.807) is 6.07 Å². The van der Waals surface area contributed by atoms with Crippen LogP contribution in [-0.2, 0) is 4.74 Å². The van der Waals surface area contributed by atoms with Crippen molar-refractivity contribution in [2.75, 3.05) is 25.9 Å². The topological polar surface area (TPSA) is 68.5 Å². The van der Waals surface area contributed by atoms with Gasteiger partial charge in [0, 0.05) is 24.2 Å². The number of benzene rings is 1. The molecule has 1 aromatic heterocycles. The summed E-state index contributed by atoms with van der Waals surface area (Å²) >= 11 is 0. The Labute approximate surface area is 123 Å². The molecular formula is C16H19N3O2. The van der Waals surface area contributed by atoms with Crippen molar-refractivity contribution in [1.82, 2.24) is 9.88 Å². The molecule has 1 fully saturated rings. The number of ether oxygens (including phenoxy) is 1. The van der Waals surface area contributed by atoms with E-state index in [1.807, 2.05) is 24.3 Å². The minimum atomic E-state index is -0.387. The number of rotatable bonds is 2. The zero-order valence-electron chi connectivity index (χ0n) is 12.1. The van der Waals surface area contributed by atoms with E-state index in [-0.39, 0.29) is 17.8 Å². The molecule has 0 atom stereocenters. The number of anilines is 1. The number of pyridine rings is 1. The number of hydrogen-bond acceptors (Lipinski definition) is 5. The lowest BCUT2D eigenvalue weighted by molar-refractivity contribution is 0.0133. The van der Waals surface area contributed by atoms with Gasteiger partial charge in [-0.2, -0.15) is 0 Å². The largest absolute Gasteiger partial charge is 0.458 e. The van der Waals surface area contributed by atoms with Gasteiger partial charge < -0.3 is 15.4 Å². The van der Waals surface area contributed by atoms with Gasteiger partial charge in [0.2, 0.25) is 0 Å². The predicted molar refractivity (Wildman–Crippen MR) is 82.1 cm³/mol. The summed E-state index contributed by atoms with van der Waals surface area (Å²) in [5.74, 6) is -0.387. The number of nitrogen functional groups attached to an aromatic ring is 1. The lowest BCUT2D eigenvalue weighted by Crippen LogP contribution is -2.35. The number of nitrogens with zero attached hydrogens (tertiary/aromatic N) is 2. The summed E-state index contributed by atoms with van der Waals surface area (Å²) in [6.07, 6.45) is 1.71. The molecule has 21 heavy (non-hydrogen) atoms. The number of carbonyl (C=O) groups excluding carboxylic acids is 1. The Morgan fingerprint density at radius 2 is 2.05 bits per heavy atom. The Hall–Kier alpha value is -2.14. The predicted octanol–water partition coefficient (Wildman–Crippen LogP) is 2.07. The van der Waals surface area contributed by atoms with Gasteiger partial charge in [-0.1, -0.05) is 18.2 Å². The van der Waals surface area contributed by atoms with Crippen molar-refractivity contribution in [3.05, 3.63) is 36.0 Å². The molecule has 0 unspecified atom stereocenters. The average molecular weight is 285 g/mol. The van der Waals surface area contributed by atoms with Crippen LogP contribution in [0.25, 0.3) is 10.9 Å². The first-order chi connectivity index (χ1) is 10.1. The Bertz CT molecular complexity index is 664. The molecule has 5 nitrogen and oxygen atoms in total. The van der Waals surface area contributed by atoms with Crippen LogP contribution < -0.4 is 5.73 Å². The molecule has 0 spiro atoms. The number of piperidine rings is 1. The molecule has 2 aromatic rings. The van der Waals surface area contributed by atoms with Crippen LogP contribution in [0.5, 0.6) is 0 Å². The summed E-state index contributed by atoms with van der Waals surface area (Å²) in [5, 5.41) is 0.855. The number of para-hydroxylation sites is 1. The minimum absolute atomic E-state index is 0.0248. The highest BCUT2D eigenvalue weighted by atomic mass is 16.5. The van der Waals surface area contributed by atoms with Crippen LogP contribution in [0, 0.1) is 0 Å². The number of hydrogen-bond donors (Lipinski definition) is 1. The van der Waals surface area contributed by atoms with E-state index in [0.29, 0.717) is 11.2 Å². The van der Waals surface area contributed by atoms with Crippen LogP contribution in [0.1, 0.15) is 23.3 Å². The number of nitrogens with two attached hydrogens (primary N) is 1. The molecule has 1 aliphatic heterocycles. The first-order valence-corrected chi connectivity index (χ1v) is 7.18. The van der Waals surface area contributed by atoms with E-state index >= 15 is 0 Å². The third-order valence-corrected chi connectivity index (χ3v) is 3.90. The standard InChI is InChI=1S/C16H19N3O2/c1-19-8-6-11(7-9-19)21-16(20)15-10-13(17)12-4-2-3-5-14(12)18-15/h2-5,10-11H,6-9H2,1H3,(H2,17,18). The van der Waals surface area contributed by atoms with Gasteiger partial charge >= 0.3 is 5.97 Å². The first kappa shape index (κ1) is 13.8. The van der Waals surface area contributed by atoms with Gasteiger partial charge in [-0.05, 0) is 32.0 Å². The fourth-order valence-corrected chi connectivity index (χ4v) is 2.62. The van der Waals surface area contributed by atoms with Crippen LogP contribution in [0.4, 0.5) is 5.69 Å². The zero-order valence-corrected chi connectivity index (χ0v) is 12.1. The second-order valence-electron chi connectivity index (χ2n) is 5.52. The third-order valence-electron chi connectivity index (χ3n) is 3.90. The summed E-state index contributed by atoms with van der Waals surface area (Å²) in [4.78, 5) is 18.8. The van der Waals surface area contributed by atoms with Crippen LogP contribution in [0.2, 0.25) is 0 Å². The van der Waals surface area contributed by atoms with Gasteiger partial charge in [0.05, 0.1) is 5.52 Å². The number of esters is 1. The lowest BCUT2D eigenvalue weighted by atomic mass is 10.1. The first-order valence-electron chi connectivity index (χ1n) is 7.18. The summed E-state index contributed by atoms with van der Waals surface area (Å²) in [6.45, 7) is 1.90. The maximum Gasteiger partial charge on any atom is 0.357 e. The van der Waals surface area contributed by atoms with Gasteiger partial charge in [0.1, 0.15) is 6.10 Å². The highest BCUT2D eigenvalue weighted by Gasteiger charge is 2.22. The Balaban J connectivity index is 1.78. The molecule has 5 heteroatoms. The SMILES string of the molecule is CN1CCC(OC(=O)c2cc(N)c3ccccc3n2)CC1. The van der Waals surface area contributed by atoms with Gasteiger partial charge in [0.15, 0.2) is 5.69 Å². The van der Waals surface area contributed by atoms with Crippen molar-refractivity contribution in [2.24, 2.45) is 0 Å². The van der Waals surface area contributed by atoms with Crippen molar-refractivity contribution in [2.45, 2.75) is 18.9 Å². The van der Waals surface area contributed by atoms with Crippen LogP contribution in [0.3, 0.4) is 0 Å². The second kappa shape index (κ2) is 5.69. The Morgan fingerprint density at radius 3 is 2.81 bits per heavy atom. The molecule has 0 bridgehead atoms. The molecule has 1 aliphatic rings. The molecule has 2 N–H and O–H groups in total. The molecule has 2 heterocycles. The number of likely N-dealkylation sites (tertiary alicyclic amines) is 1. The summed E-state index contributed by atoms with van der Waals surface area (Å²) < 4.78 is 5.55. The van der Waals surface area contributed by atoms with E-state index in [1.165, 1.54) is 0 Å². The third kappa shape index (κ3) is 2.97. The van der Waals surface area contributed by atoms with Crippen LogP contribution in [0.15, 0.2) is 30.3 Å². The van der Waals surface area contributed by atoms with Crippen molar-refractivity contribution in [3.8, 4) is 0 Å². The summed E-state index contributed by atoms with van der Waals surface area (Å²) in [5.41, 5.74) is 7.54. The smallest absolute Gasteiger partial charge is 0.357 e. The van der Waals surface area contributed by atoms with E-state index in [4.69, 9.17) is 10.5 Å². The molecule has 1 saturated heterocycles. The van der Waals surface area contributed by atoms with Crippen LogP contribution in [-0.4, -0.2) is 42.1 Å². The van der Waals surface area contributed by atoms with Gasteiger partial charge in [-0.3, -0.25) is 0 Å². The van der Waals surface area contributed by atoms with E-state index in [0.717, 1.165) is 31.3 Å². The molecule has 1 aromatic carbocycles. The number of aromatic nitrogens is 1. The lowest BCUT2D eigenvalue weighted by Gasteiger charge is -2.28. The zero-order chi connectivity index (χ0) is 14.8. The van der Waals surface area contributed by atoms with Gasteiger partial charge in [-0.25, -0.2) is 9.78 Å². The van der Waals surface area contributed by atoms with E-state index in [2.05, 4.69) is 16.9 Å². The molecule has 0 aliphatic carbocycles. The molecule has 0 radical (unpaired) electrons. The molecule has 110 valence electrons. The van der Waals surface area contributed by atoms with Crippen molar-refractivity contribution >= 4 is 22.6 Å². The maximum absolute atomic E-state index is 12.2. The Morgan fingerprint density at radius 1 is 1.33 bits per heavy atom. The fraction of sp³-hybridized carbons (Fsp3) is 0.375. The van der Waals surface area contributed by atoms with E-state index in [9.17, 15) is 4.79 Å². The molecule has 0 saturated carbocycles. The highest BCUT2D eigenvalue weighted by Crippen LogP contribution is 2.21. The fourth-order valence-electron chi connectivity index (χ4n) is 2.62. The molecular weight excluding hydrogens is 266 g/mol. The van der Waals surface area contributed by atoms with Crippen molar-refractivity contribution in [1.29, 1.82) is 0 Å². The summed E-state index contributed by atoms with van der Waals surface area (Å²) in [7, 11) is 2.07. The highest BCUT2D eigenvalue weighted by molar-refractivity contribution is 5.96. The second-order valence-corrected chi connectivity index (χ2v) is 5.52.